The highest BCUT2D eigenvalue weighted by Gasteiger charge is 2.42. The van der Waals surface area contributed by atoms with E-state index in [-0.39, 0.29) is 23.9 Å². The normalized spacial score (nSPS) is 23.6. The summed E-state index contributed by atoms with van der Waals surface area (Å²) in [5.41, 5.74) is 0.692. The highest BCUT2D eigenvalue weighted by molar-refractivity contribution is 5.91. The molecule has 0 bridgehead atoms. The first-order valence-electron chi connectivity index (χ1n) is 7.36. The third kappa shape index (κ3) is 2.37. The Bertz CT molecular complexity index is 615. The van der Waals surface area contributed by atoms with Gasteiger partial charge in [-0.05, 0) is 36.0 Å². The topological polar surface area (TPSA) is 59.3 Å². The van der Waals surface area contributed by atoms with Crippen LogP contribution < -0.4 is 9.47 Å². The molecule has 21 heavy (non-hydrogen) atoms. The molecule has 0 amide bonds. The number of benzene rings is 1. The Labute approximate surface area is 124 Å². The van der Waals surface area contributed by atoms with Crippen LogP contribution in [-0.4, -0.2) is 12.6 Å². The molecule has 1 aliphatic heterocycles. The lowest BCUT2D eigenvalue weighted by atomic mass is 9.75. The van der Waals surface area contributed by atoms with Gasteiger partial charge in [-0.15, -0.1) is 0 Å². The molecule has 4 heteroatoms. The van der Waals surface area contributed by atoms with Crippen molar-refractivity contribution in [2.45, 2.75) is 39.0 Å². The van der Waals surface area contributed by atoms with Crippen LogP contribution in [0.15, 0.2) is 18.2 Å². The molecular weight excluding hydrogens is 266 g/mol. The van der Waals surface area contributed by atoms with Gasteiger partial charge < -0.3 is 9.47 Å². The standard InChI is InChI=1S/C17H19NO3/c1-17(2)7-3-4-13(17)16(19)12(9-18)11-5-6-14-15(8-11)21-10-20-14/h5-6,8,12-13H,3-4,7,10H2,1-2H3. The highest BCUT2D eigenvalue weighted by Crippen LogP contribution is 2.45. The molecule has 1 saturated carbocycles. The summed E-state index contributed by atoms with van der Waals surface area (Å²) in [6.45, 7) is 4.44. The van der Waals surface area contributed by atoms with Crippen molar-refractivity contribution in [2.24, 2.45) is 11.3 Å². The van der Waals surface area contributed by atoms with Crippen LogP contribution in [0.1, 0.15) is 44.6 Å². The summed E-state index contributed by atoms with van der Waals surface area (Å²) in [6.07, 6.45) is 2.99. The van der Waals surface area contributed by atoms with E-state index < -0.39 is 5.92 Å². The Kier molecular flexibility index (Phi) is 3.36. The number of carbonyl (C=O) groups is 1. The van der Waals surface area contributed by atoms with Crippen LogP contribution in [0.5, 0.6) is 11.5 Å². The second-order valence-electron chi connectivity index (χ2n) is 6.51. The van der Waals surface area contributed by atoms with Crippen molar-refractivity contribution < 1.29 is 14.3 Å². The Morgan fingerprint density at radius 1 is 1.38 bits per heavy atom. The van der Waals surface area contributed by atoms with Crippen molar-refractivity contribution in [3.8, 4) is 17.6 Å². The fourth-order valence-corrected chi connectivity index (χ4v) is 3.45. The van der Waals surface area contributed by atoms with Gasteiger partial charge in [-0.1, -0.05) is 26.3 Å². The number of hydrogen-bond acceptors (Lipinski definition) is 4. The quantitative estimate of drug-likeness (QED) is 0.853. The van der Waals surface area contributed by atoms with Gasteiger partial charge in [0.05, 0.1) is 6.07 Å². The molecule has 0 radical (unpaired) electrons. The van der Waals surface area contributed by atoms with Gasteiger partial charge in [-0.2, -0.15) is 5.26 Å². The zero-order valence-electron chi connectivity index (χ0n) is 12.4. The van der Waals surface area contributed by atoms with Crippen LogP contribution in [-0.2, 0) is 4.79 Å². The third-order valence-corrected chi connectivity index (χ3v) is 4.74. The van der Waals surface area contributed by atoms with Crippen LogP contribution >= 0.6 is 0 Å². The first-order valence-corrected chi connectivity index (χ1v) is 7.36. The van der Waals surface area contributed by atoms with Crippen LogP contribution in [0.4, 0.5) is 0 Å². The average molecular weight is 285 g/mol. The smallest absolute Gasteiger partial charge is 0.231 e. The first-order chi connectivity index (χ1) is 10.0. The van der Waals surface area contributed by atoms with E-state index in [0.717, 1.165) is 19.3 Å². The van der Waals surface area contributed by atoms with Gasteiger partial charge in [0.2, 0.25) is 6.79 Å². The zero-order valence-corrected chi connectivity index (χ0v) is 12.4. The molecular formula is C17H19NO3. The summed E-state index contributed by atoms with van der Waals surface area (Å²) >= 11 is 0. The van der Waals surface area contributed by atoms with Crippen molar-refractivity contribution in [3.63, 3.8) is 0 Å². The largest absolute Gasteiger partial charge is 0.454 e. The maximum Gasteiger partial charge on any atom is 0.231 e. The van der Waals surface area contributed by atoms with Gasteiger partial charge in [0, 0.05) is 5.92 Å². The summed E-state index contributed by atoms with van der Waals surface area (Å²) in [4.78, 5) is 12.8. The molecule has 0 N–H and O–H groups in total. The zero-order chi connectivity index (χ0) is 15.0. The minimum Gasteiger partial charge on any atom is -0.454 e. The Hall–Kier alpha value is -2.02. The van der Waals surface area contributed by atoms with Crippen LogP contribution in [0.3, 0.4) is 0 Å². The maximum absolute atomic E-state index is 12.8. The number of hydrogen-bond donors (Lipinski definition) is 0. The highest BCUT2D eigenvalue weighted by atomic mass is 16.7. The lowest BCUT2D eigenvalue weighted by Gasteiger charge is -2.27. The average Bonchev–Trinajstić information content (AvgIpc) is 3.04. The van der Waals surface area contributed by atoms with E-state index in [0.29, 0.717) is 17.1 Å². The molecule has 1 heterocycles. The number of Topliss-reactive ketones (excluding diaryl/α,β-unsaturated/α-hetero) is 1. The second kappa shape index (κ2) is 5.07. The van der Waals surface area contributed by atoms with Crippen LogP contribution in [0, 0.1) is 22.7 Å². The molecule has 2 aliphatic rings. The van der Waals surface area contributed by atoms with E-state index in [1.54, 1.807) is 18.2 Å². The molecule has 0 saturated heterocycles. The van der Waals surface area contributed by atoms with Crippen LogP contribution in [0.2, 0.25) is 0 Å². The van der Waals surface area contributed by atoms with Crippen molar-refractivity contribution in [1.29, 1.82) is 5.26 Å². The Balaban J connectivity index is 1.89. The second-order valence-corrected chi connectivity index (χ2v) is 6.51. The van der Waals surface area contributed by atoms with E-state index in [9.17, 15) is 10.1 Å². The summed E-state index contributed by atoms with van der Waals surface area (Å²) in [6, 6.07) is 7.50. The molecule has 1 aromatic rings. The number of nitrogens with zero attached hydrogens (tertiary/aromatic N) is 1. The molecule has 1 aromatic carbocycles. The number of fused-ring (bicyclic) bond motifs is 1. The van der Waals surface area contributed by atoms with Gasteiger partial charge in [-0.25, -0.2) is 0 Å². The molecule has 2 unspecified atom stereocenters. The maximum atomic E-state index is 12.8. The van der Waals surface area contributed by atoms with Gasteiger partial charge in [0.25, 0.3) is 0 Å². The van der Waals surface area contributed by atoms with E-state index in [4.69, 9.17) is 9.47 Å². The predicted molar refractivity (Wildman–Crippen MR) is 77.0 cm³/mol. The van der Waals surface area contributed by atoms with E-state index in [1.807, 2.05) is 0 Å². The molecule has 0 aromatic heterocycles. The van der Waals surface area contributed by atoms with Crippen molar-refractivity contribution >= 4 is 5.78 Å². The lowest BCUT2D eigenvalue weighted by molar-refractivity contribution is -0.125. The van der Waals surface area contributed by atoms with Gasteiger partial charge in [0.1, 0.15) is 5.92 Å². The molecule has 2 atom stereocenters. The monoisotopic (exact) mass is 285 g/mol. The first kappa shape index (κ1) is 13.9. The molecule has 110 valence electrons. The number of carbonyl (C=O) groups excluding carboxylic acids is 1. The van der Waals surface area contributed by atoms with Crippen molar-refractivity contribution in [3.05, 3.63) is 23.8 Å². The Morgan fingerprint density at radius 3 is 2.81 bits per heavy atom. The van der Waals surface area contributed by atoms with Crippen molar-refractivity contribution in [2.75, 3.05) is 6.79 Å². The summed E-state index contributed by atoms with van der Waals surface area (Å²) < 4.78 is 10.6. The number of rotatable bonds is 3. The van der Waals surface area contributed by atoms with Crippen LogP contribution in [0.25, 0.3) is 0 Å². The number of ketones is 1. The minimum absolute atomic E-state index is 0.0114. The molecule has 0 spiro atoms. The van der Waals surface area contributed by atoms with Crippen molar-refractivity contribution in [1.82, 2.24) is 0 Å². The van der Waals surface area contributed by atoms with Gasteiger partial charge in [0.15, 0.2) is 17.3 Å². The number of ether oxygens (including phenoxy) is 2. The lowest BCUT2D eigenvalue weighted by Crippen LogP contribution is -2.29. The van der Waals surface area contributed by atoms with Gasteiger partial charge in [-0.3, -0.25) is 4.79 Å². The SMILES string of the molecule is CC1(C)CCCC1C(=O)C(C#N)c1ccc2c(c1)OCO2. The summed E-state index contributed by atoms with van der Waals surface area (Å²) in [7, 11) is 0. The Morgan fingerprint density at radius 2 is 2.14 bits per heavy atom. The van der Waals surface area contributed by atoms with E-state index in [1.165, 1.54) is 0 Å². The summed E-state index contributed by atoms with van der Waals surface area (Å²) in [5.74, 6) is 0.573. The fraction of sp³-hybridized carbons (Fsp3) is 0.529. The summed E-state index contributed by atoms with van der Waals surface area (Å²) in [5, 5.41) is 9.49. The fourth-order valence-electron chi connectivity index (χ4n) is 3.45. The minimum atomic E-state index is -0.720. The van der Waals surface area contributed by atoms with Gasteiger partial charge >= 0.3 is 0 Å². The van der Waals surface area contributed by atoms with E-state index in [2.05, 4.69) is 19.9 Å². The predicted octanol–water partition coefficient (Wildman–Crippen LogP) is 3.42. The molecule has 4 nitrogen and oxygen atoms in total. The van der Waals surface area contributed by atoms with E-state index >= 15 is 0 Å². The number of nitriles is 1. The molecule has 1 aliphatic carbocycles. The molecule has 3 rings (SSSR count). The third-order valence-electron chi connectivity index (χ3n) is 4.74. The molecule has 1 fully saturated rings.